The maximum Gasteiger partial charge on any atom is 0.336 e. The van der Waals surface area contributed by atoms with Gasteiger partial charge >= 0.3 is 5.63 Å². The van der Waals surface area contributed by atoms with Crippen LogP contribution < -0.4 is 5.63 Å². The summed E-state index contributed by atoms with van der Waals surface area (Å²) >= 11 is 1.37. The summed E-state index contributed by atoms with van der Waals surface area (Å²) in [4.78, 5) is 25.5. The highest BCUT2D eigenvalue weighted by Gasteiger charge is 2.22. The van der Waals surface area contributed by atoms with Crippen molar-refractivity contribution in [1.29, 1.82) is 0 Å². The number of fused-ring (bicyclic) bond motifs is 1. The lowest BCUT2D eigenvalue weighted by molar-refractivity contribution is -0.128. The van der Waals surface area contributed by atoms with Gasteiger partial charge in [-0.2, -0.15) is 0 Å². The summed E-state index contributed by atoms with van der Waals surface area (Å²) < 4.78 is 11.1. The van der Waals surface area contributed by atoms with Crippen LogP contribution in [-0.4, -0.2) is 27.5 Å². The number of carbonyl (C=O) groups excluding carboxylic acids is 1. The van der Waals surface area contributed by atoms with Crippen molar-refractivity contribution in [3.8, 4) is 0 Å². The third-order valence-corrected chi connectivity index (χ3v) is 6.00. The molecular weight excluding hydrogens is 390 g/mol. The van der Waals surface area contributed by atoms with Crippen LogP contribution >= 0.6 is 11.8 Å². The number of thioether (sulfide) groups is 1. The summed E-state index contributed by atoms with van der Waals surface area (Å²) in [5.41, 5.74) is 3.43. The van der Waals surface area contributed by atoms with E-state index in [0.29, 0.717) is 41.3 Å². The quantitative estimate of drug-likeness (QED) is 0.445. The van der Waals surface area contributed by atoms with E-state index < -0.39 is 0 Å². The van der Waals surface area contributed by atoms with Crippen LogP contribution in [0, 0.1) is 6.92 Å². The van der Waals surface area contributed by atoms with Crippen LogP contribution in [-0.2, 0) is 17.1 Å². The molecule has 1 aliphatic rings. The molecule has 3 aromatic rings. The lowest BCUT2D eigenvalue weighted by Crippen LogP contribution is -2.23. The van der Waals surface area contributed by atoms with Gasteiger partial charge in [0, 0.05) is 30.2 Å². The molecule has 1 amide bonds. The van der Waals surface area contributed by atoms with Gasteiger partial charge in [-0.3, -0.25) is 4.79 Å². The molecule has 8 heteroatoms. The molecule has 1 saturated heterocycles. The van der Waals surface area contributed by atoms with E-state index >= 15 is 0 Å². The third kappa shape index (κ3) is 4.22. The van der Waals surface area contributed by atoms with E-state index in [4.69, 9.17) is 8.83 Å². The molecule has 1 aromatic carbocycles. The molecule has 1 aliphatic heterocycles. The molecule has 0 unspecified atom stereocenters. The number of hydrogen-bond acceptors (Lipinski definition) is 7. The second kappa shape index (κ2) is 8.02. The Balaban J connectivity index is 1.54. The molecule has 0 atom stereocenters. The molecule has 0 spiro atoms. The molecule has 29 heavy (non-hydrogen) atoms. The first-order chi connectivity index (χ1) is 13.9. The fourth-order valence-corrected chi connectivity index (χ4v) is 4.44. The zero-order valence-electron chi connectivity index (χ0n) is 16.7. The van der Waals surface area contributed by atoms with Crippen molar-refractivity contribution < 1.29 is 13.6 Å². The normalized spacial score (nSPS) is 14.5. The van der Waals surface area contributed by atoms with Gasteiger partial charge in [-0.25, -0.2) is 4.79 Å². The number of carbonyl (C=O) groups is 1. The second-order valence-electron chi connectivity index (χ2n) is 7.62. The molecule has 7 nitrogen and oxygen atoms in total. The molecule has 0 N–H and O–H groups in total. The van der Waals surface area contributed by atoms with Gasteiger partial charge in [-0.15, -0.1) is 10.2 Å². The number of likely N-dealkylation sites (tertiary alicyclic amines) is 1. The van der Waals surface area contributed by atoms with Crippen LogP contribution in [0.4, 0.5) is 0 Å². The first kappa shape index (κ1) is 19.7. The zero-order valence-corrected chi connectivity index (χ0v) is 17.5. The van der Waals surface area contributed by atoms with E-state index in [1.54, 1.807) is 4.90 Å². The van der Waals surface area contributed by atoms with E-state index in [-0.39, 0.29) is 11.5 Å². The molecule has 0 bridgehead atoms. The Bertz CT molecular complexity index is 1120. The summed E-state index contributed by atoms with van der Waals surface area (Å²) in [6, 6.07) is 5.56. The number of benzene rings is 1. The van der Waals surface area contributed by atoms with Crippen molar-refractivity contribution in [1.82, 2.24) is 15.1 Å². The minimum Gasteiger partial charge on any atom is -0.423 e. The molecule has 2 aromatic heterocycles. The molecular formula is C21H23N3O4S. The highest BCUT2D eigenvalue weighted by atomic mass is 32.2. The topological polar surface area (TPSA) is 89.4 Å². The number of rotatable bonds is 6. The molecule has 4 rings (SSSR count). The first-order valence-electron chi connectivity index (χ1n) is 9.71. The molecule has 0 radical (unpaired) electrons. The Labute approximate surface area is 172 Å². The lowest BCUT2D eigenvalue weighted by atomic mass is 9.95. The van der Waals surface area contributed by atoms with Crippen LogP contribution in [0.2, 0.25) is 0 Å². The summed E-state index contributed by atoms with van der Waals surface area (Å²) in [5.74, 6) is 1.43. The highest BCUT2D eigenvalue weighted by Crippen LogP contribution is 2.30. The van der Waals surface area contributed by atoms with E-state index in [1.165, 1.54) is 23.4 Å². The van der Waals surface area contributed by atoms with Gasteiger partial charge in [0.15, 0.2) is 0 Å². The predicted molar refractivity (Wildman–Crippen MR) is 110 cm³/mol. The fraction of sp³-hybridized carbons (Fsp3) is 0.429. The van der Waals surface area contributed by atoms with Crippen molar-refractivity contribution in [2.75, 3.05) is 6.54 Å². The molecule has 3 heterocycles. The van der Waals surface area contributed by atoms with Crippen molar-refractivity contribution in [3.05, 3.63) is 51.2 Å². The van der Waals surface area contributed by atoms with Crippen molar-refractivity contribution in [2.24, 2.45) is 0 Å². The van der Waals surface area contributed by atoms with Crippen LogP contribution in [0.1, 0.15) is 55.2 Å². The predicted octanol–water partition coefficient (Wildman–Crippen LogP) is 4.02. The number of hydrogen-bond donors (Lipinski definition) is 0. The standard InChI is InChI=1S/C21H23N3O4S/c1-12(2)15-9-16-14(8-20(26)27-17(16)7-13(15)3)11-29-21-23-22-18(28-21)10-24-6-4-5-19(24)25/h7-9,12H,4-6,10-11H2,1-3H3. The third-order valence-electron chi connectivity index (χ3n) is 5.14. The number of nitrogens with zero attached hydrogens (tertiary/aromatic N) is 3. The number of amides is 1. The van der Waals surface area contributed by atoms with E-state index in [9.17, 15) is 9.59 Å². The summed E-state index contributed by atoms with van der Waals surface area (Å²) in [6.07, 6.45) is 1.45. The zero-order chi connectivity index (χ0) is 20.5. The Kier molecular flexibility index (Phi) is 5.45. The van der Waals surface area contributed by atoms with Gasteiger partial charge < -0.3 is 13.7 Å². The average Bonchev–Trinajstić information content (AvgIpc) is 3.28. The van der Waals surface area contributed by atoms with E-state index in [1.807, 2.05) is 13.0 Å². The summed E-state index contributed by atoms with van der Waals surface area (Å²) in [6.45, 7) is 7.40. The SMILES string of the molecule is Cc1cc2oc(=O)cc(CSc3nnc(CN4CCCC4=O)o3)c2cc1C(C)C. The molecule has 0 saturated carbocycles. The maximum atomic E-state index is 12.0. The lowest BCUT2D eigenvalue weighted by Gasteiger charge is -2.12. The Morgan fingerprint density at radius 3 is 2.72 bits per heavy atom. The van der Waals surface area contributed by atoms with E-state index in [0.717, 1.165) is 29.5 Å². The van der Waals surface area contributed by atoms with Crippen molar-refractivity contribution in [3.63, 3.8) is 0 Å². The summed E-state index contributed by atoms with van der Waals surface area (Å²) in [7, 11) is 0. The Hall–Kier alpha value is -2.61. The van der Waals surface area contributed by atoms with E-state index in [2.05, 4.69) is 30.1 Å². The summed E-state index contributed by atoms with van der Waals surface area (Å²) in [5, 5.41) is 9.46. The van der Waals surface area contributed by atoms with Crippen molar-refractivity contribution >= 4 is 28.6 Å². The highest BCUT2D eigenvalue weighted by molar-refractivity contribution is 7.98. The second-order valence-corrected chi connectivity index (χ2v) is 8.55. The van der Waals surface area contributed by atoms with Gasteiger partial charge in [-0.05, 0) is 48.1 Å². The average molecular weight is 413 g/mol. The van der Waals surface area contributed by atoms with Crippen LogP contribution in [0.3, 0.4) is 0 Å². The smallest absolute Gasteiger partial charge is 0.336 e. The number of aryl methyl sites for hydroxylation is 1. The first-order valence-corrected chi connectivity index (χ1v) is 10.7. The monoisotopic (exact) mass is 413 g/mol. The maximum absolute atomic E-state index is 12.0. The molecule has 1 fully saturated rings. The van der Waals surface area contributed by atoms with Gasteiger partial charge in [-0.1, -0.05) is 25.6 Å². The number of aromatic nitrogens is 2. The van der Waals surface area contributed by atoms with Crippen LogP contribution in [0.5, 0.6) is 0 Å². The van der Waals surface area contributed by atoms with Crippen molar-refractivity contribution in [2.45, 2.75) is 57.1 Å². The van der Waals surface area contributed by atoms with Gasteiger partial charge in [0.2, 0.25) is 11.8 Å². The van der Waals surface area contributed by atoms with Gasteiger partial charge in [0.25, 0.3) is 5.22 Å². The largest absolute Gasteiger partial charge is 0.423 e. The van der Waals surface area contributed by atoms with Gasteiger partial charge in [0.1, 0.15) is 5.58 Å². The van der Waals surface area contributed by atoms with Gasteiger partial charge in [0.05, 0.1) is 6.54 Å². The fourth-order valence-electron chi connectivity index (χ4n) is 3.67. The van der Waals surface area contributed by atoms with Crippen LogP contribution in [0.25, 0.3) is 11.0 Å². The van der Waals surface area contributed by atoms with Crippen LogP contribution in [0.15, 0.2) is 37.1 Å². The minimum absolute atomic E-state index is 0.121. The Morgan fingerprint density at radius 1 is 1.17 bits per heavy atom. The molecule has 152 valence electrons. The molecule has 0 aliphatic carbocycles. The Morgan fingerprint density at radius 2 is 2.00 bits per heavy atom. The minimum atomic E-state index is -0.372.